The Morgan fingerprint density at radius 2 is 1.90 bits per heavy atom. The molecule has 3 aromatic rings. The van der Waals surface area contributed by atoms with E-state index in [4.69, 9.17) is 4.74 Å². The van der Waals surface area contributed by atoms with Crippen molar-refractivity contribution in [2.24, 2.45) is 0 Å². The molecule has 0 aliphatic heterocycles. The fraction of sp³-hybridized carbons (Fsp3) is 0.273. The number of nitrogens with zero attached hydrogens (tertiary/aromatic N) is 3. The number of halogens is 2. The minimum Gasteiger partial charge on any atom is -0.497 e. The van der Waals surface area contributed by atoms with E-state index in [9.17, 15) is 13.9 Å². The largest absolute Gasteiger partial charge is 0.497 e. The van der Waals surface area contributed by atoms with Gasteiger partial charge in [-0.2, -0.15) is 0 Å². The molecule has 0 spiro atoms. The predicted molar refractivity (Wildman–Crippen MR) is 111 cm³/mol. The summed E-state index contributed by atoms with van der Waals surface area (Å²) in [7, 11) is 1.60. The summed E-state index contributed by atoms with van der Waals surface area (Å²) < 4.78 is 32.5. The van der Waals surface area contributed by atoms with Crippen LogP contribution in [0.1, 0.15) is 18.9 Å². The summed E-state index contributed by atoms with van der Waals surface area (Å²) in [4.78, 5) is 8.71. The summed E-state index contributed by atoms with van der Waals surface area (Å²) in [6, 6.07) is 12.4. The number of hydrogen-bond acceptors (Lipinski definition) is 6. The summed E-state index contributed by atoms with van der Waals surface area (Å²) in [6.45, 7) is 2.55. The average molecular weight is 414 g/mol. The lowest BCUT2D eigenvalue weighted by atomic mass is 10.1. The van der Waals surface area contributed by atoms with Gasteiger partial charge in [0.1, 0.15) is 17.4 Å². The third-order valence-corrected chi connectivity index (χ3v) is 4.52. The molecular weight excluding hydrogens is 390 g/mol. The molecule has 0 aliphatic carbocycles. The first-order valence-corrected chi connectivity index (χ1v) is 9.60. The highest BCUT2D eigenvalue weighted by molar-refractivity contribution is 5.60. The van der Waals surface area contributed by atoms with Gasteiger partial charge in [-0.3, -0.25) is 5.01 Å². The van der Waals surface area contributed by atoms with E-state index in [2.05, 4.69) is 15.4 Å². The first-order chi connectivity index (χ1) is 14.5. The number of ether oxygens (including phenoxy) is 1. The molecule has 0 radical (unpaired) electrons. The molecule has 0 saturated heterocycles. The maximum Gasteiger partial charge on any atom is 0.240 e. The van der Waals surface area contributed by atoms with Crippen molar-refractivity contribution in [1.29, 1.82) is 0 Å². The topological polar surface area (TPSA) is 70.5 Å². The lowest BCUT2D eigenvalue weighted by molar-refractivity contribution is 0.171. The van der Waals surface area contributed by atoms with Gasteiger partial charge in [-0.25, -0.2) is 24.2 Å². The quantitative estimate of drug-likeness (QED) is 0.520. The van der Waals surface area contributed by atoms with Crippen molar-refractivity contribution < 1.29 is 18.6 Å². The van der Waals surface area contributed by atoms with E-state index in [0.717, 1.165) is 17.4 Å². The first kappa shape index (κ1) is 21.6. The van der Waals surface area contributed by atoms with Crippen molar-refractivity contribution in [2.75, 3.05) is 18.7 Å². The number of aromatic nitrogens is 2. The highest BCUT2D eigenvalue weighted by atomic mass is 19.1. The molecule has 3 rings (SSSR count). The molecule has 1 atom stereocenters. The molecular formula is C22H24F2N4O2. The fourth-order valence-electron chi connectivity index (χ4n) is 2.87. The van der Waals surface area contributed by atoms with Crippen LogP contribution in [0.4, 0.5) is 14.7 Å². The Hall–Kier alpha value is -3.10. The molecule has 0 bridgehead atoms. The maximum absolute atomic E-state index is 13.6. The molecule has 2 N–H and O–H groups in total. The van der Waals surface area contributed by atoms with E-state index >= 15 is 0 Å². The predicted octanol–water partition coefficient (Wildman–Crippen LogP) is 3.71. The van der Waals surface area contributed by atoms with Gasteiger partial charge in [-0.05, 0) is 42.3 Å². The number of nitrogens with one attached hydrogen (secondary N) is 1. The van der Waals surface area contributed by atoms with Gasteiger partial charge in [0, 0.05) is 24.4 Å². The van der Waals surface area contributed by atoms with E-state index in [1.54, 1.807) is 18.2 Å². The SMILES string of the molecule is CCC(O)CN(NCc1cccc(OC)c1)c1nccc(-c2cc(F)cc(F)c2)n1. The van der Waals surface area contributed by atoms with Gasteiger partial charge in [-0.1, -0.05) is 19.1 Å². The summed E-state index contributed by atoms with van der Waals surface area (Å²) in [5, 5.41) is 11.8. The Balaban J connectivity index is 1.85. The zero-order valence-corrected chi connectivity index (χ0v) is 16.8. The average Bonchev–Trinajstić information content (AvgIpc) is 2.76. The van der Waals surface area contributed by atoms with Gasteiger partial charge >= 0.3 is 0 Å². The van der Waals surface area contributed by atoms with Crippen molar-refractivity contribution in [3.8, 4) is 17.0 Å². The Morgan fingerprint density at radius 1 is 1.13 bits per heavy atom. The zero-order chi connectivity index (χ0) is 21.5. The summed E-state index contributed by atoms with van der Waals surface area (Å²) in [5.74, 6) is -0.340. The molecule has 2 aromatic carbocycles. The van der Waals surface area contributed by atoms with Crippen LogP contribution in [-0.2, 0) is 6.54 Å². The molecule has 6 nitrogen and oxygen atoms in total. The number of anilines is 1. The highest BCUT2D eigenvalue weighted by Crippen LogP contribution is 2.21. The number of aliphatic hydroxyl groups is 1. The number of methoxy groups -OCH3 is 1. The van der Waals surface area contributed by atoms with Crippen LogP contribution in [0, 0.1) is 11.6 Å². The third kappa shape index (κ3) is 5.71. The Bertz CT molecular complexity index is 967. The molecule has 8 heteroatoms. The van der Waals surface area contributed by atoms with Crippen LogP contribution < -0.4 is 15.2 Å². The van der Waals surface area contributed by atoms with Gasteiger partial charge in [0.2, 0.25) is 5.95 Å². The second-order valence-electron chi connectivity index (χ2n) is 6.76. The Kier molecular flexibility index (Phi) is 7.26. The van der Waals surface area contributed by atoms with Crippen molar-refractivity contribution >= 4 is 5.95 Å². The third-order valence-electron chi connectivity index (χ3n) is 4.52. The van der Waals surface area contributed by atoms with Crippen LogP contribution in [0.15, 0.2) is 54.7 Å². The molecule has 0 saturated carbocycles. The van der Waals surface area contributed by atoms with E-state index in [1.165, 1.54) is 18.3 Å². The summed E-state index contributed by atoms with van der Waals surface area (Å²) in [6.07, 6.45) is 1.45. The monoisotopic (exact) mass is 414 g/mol. The minimum atomic E-state index is -0.681. The lowest BCUT2D eigenvalue weighted by Crippen LogP contribution is -2.43. The van der Waals surface area contributed by atoms with E-state index in [1.807, 2.05) is 31.2 Å². The van der Waals surface area contributed by atoms with Crippen LogP contribution in [-0.4, -0.2) is 34.8 Å². The van der Waals surface area contributed by atoms with Crippen molar-refractivity contribution in [1.82, 2.24) is 15.4 Å². The molecule has 30 heavy (non-hydrogen) atoms. The summed E-state index contributed by atoms with van der Waals surface area (Å²) >= 11 is 0. The lowest BCUT2D eigenvalue weighted by Gasteiger charge is -2.26. The number of aliphatic hydroxyl groups excluding tert-OH is 1. The maximum atomic E-state index is 13.6. The van der Waals surface area contributed by atoms with Gasteiger partial charge in [-0.15, -0.1) is 0 Å². The standard InChI is InChI=1S/C22H24F2N4O2/c1-3-19(29)14-28(26-13-15-5-4-6-20(9-15)30-2)22-25-8-7-21(27-22)16-10-17(23)12-18(24)11-16/h4-12,19,26,29H,3,13-14H2,1-2H3. The van der Waals surface area contributed by atoms with E-state index in [0.29, 0.717) is 24.2 Å². The van der Waals surface area contributed by atoms with Gasteiger partial charge in [0.15, 0.2) is 0 Å². The molecule has 1 aromatic heterocycles. The van der Waals surface area contributed by atoms with E-state index in [-0.39, 0.29) is 12.5 Å². The van der Waals surface area contributed by atoms with Gasteiger partial charge in [0.05, 0.1) is 25.5 Å². The molecule has 0 amide bonds. The van der Waals surface area contributed by atoms with Crippen LogP contribution in [0.5, 0.6) is 5.75 Å². The molecule has 0 aliphatic rings. The molecule has 1 unspecified atom stereocenters. The Labute approximate surface area is 174 Å². The van der Waals surface area contributed by atoms with Crippen LogP contribution in [0.25, 0.3) is 11.3 Å². The zero-order valence-electron chi connectivity index (χ0n) is 16.8. The van der Waals surface area contributed by atoms with Crippen LogP contribution >= 0.6 is 0 Å². The smallest absolute Gasteiger partial charge is 0.240 e. The highest BCUT2D eigenvalue weighted by Gasteiger charge is 2.15. The van der Waals surface area contributed by atoms with Crippen molar-refractivity contribution in [3.63, 3.8) is 0 Å². The fourth-order valence-corrected chi connectivity index (χ4v) is 2.87. The van der Waals surface area contributed by atoms with Gasteiger partial charge < -0.3 is 9.84 Å². The Morgan fingerprint density at radius 3 is 2.60 bits per heavy atom. The number of hydrazine groups is 1. The van der Waals surface area contributed by atoms with Gasteiger partial charge in [0.25, 0.3) is 0 Å². The minimum absolute atomic E-state index is 0.238. The van der Waals surface area contributed by atoms with Crippen molar-refractivity contribution in [2.45, 2.75) is 26.0 Å². The normalized spacial score (nSPS) is 11.9. The molecule has 0 fully saturated rings. The van der Waals surface area contributed by atoms with Crippen LogP contribution in [0.2, 0.25) is 0 Å². The number of benzene rings is 2. The summed E-state index contributed by atoms with van der Waals surface area (Å²) in [5.41, 5.74) is 4.86. The van der Waals surface area contributed by atoms with E-state index < -0.39 is 17.7 Å². The second kappa shape index (κ2) is 10.1. The number of hydrogen-bond donors (Lipinski definition) is 2. The molecule has 158 valence electrons. The van der Waals surface area contributed by atoms with Crippen molar-refractivity contribution in [3.05, 3.63) is 71.9 Å². The van der Waals surface area contributed by atoms with Crippen LogP contribution in [0.3, 0.4) is 0 Å². The second-order valence-corrected chi connectivity index (χ2v) is 6.76. The first-order valence-electron chi connectivity index (χ1n) is 9.60. The molecule has 1 heterocycles. The number of rotatable bonds is 9.